The first-order chi connectivity index (χ1) is 10.1. The maximum atomic E-state index is 11.9. The van der Waals surface area contributed by atoms with Crippen LogP contribution < -0.4 is 10.9 Å². The Morgan fingerprint density at radius 2 is 2.10 bits per heavy atom. The van der Waals surface area contributed by atoms with Crippen molar-refractivity contribution in [2.75, 3.05) is 19.6 Å². The first kappa shape index (κ1) is 17.0. The third kappa shape index (κ3) is 6.27. The molecule has 0 radical (unpaired) electrons. The number of esters is 1. The van der Waals surface area contributed by atoms with Crippen LogP contribution in [0.3, 0.4) is 0 Å². The Morgan fingerprint density at radius 1 is 1.33 bits per heavy atom. The van der Waals surface area contributed by atoms with Crippen molar-refractivity contribution in [1.82, 2.24) is 5.43 Å². The Kier molecular flexibility index (Phi) is 7.25. The number of ketones is 1. The lowest BCUT2D eigenvalue weighted by atomic mass is 10.1. The van der Waals surface area contributed by atoms with Crippen molar-refractivity contribution in [3.8, 4) is 0 Å². The molecule has 0 aromatic heterocycles. The lowest BCUT2D eigenvalue weighted by Crippen LogP contribution is -2.35. The molecule has 0 spiro atoms. The minimum Gasteiger partial charge on any atom is -0.469 e. The van der Waals surface area contributed by atoms with E-state index < -0.39 is 0 Å². The smallest absolute Gasteiger partial charge is 0.305 e. The van der Waals surface area contributed by atoms with E-state index in [0.717, 1.165) is 0 Å². The molecule has 1 rings (SSSR count). The number of hydrogen-bond donors (Lipinski definition) is 2. The second-order valence-corrected chi connectivity index (χ2v) is 4.62. The van der Waals surface area contributed by atoms with E-state index in [1.165, 1.54) is 14.2 Å². The van der Waals surface area contributed by atoms with Crippen LogP contribution in [0.15, 0.2) is 29.3 Å². The topological polar surface area (TPSA) is 79.8 Å². The van der Waals surface area contributed by atoms with Crippen LogP contribution in [0.1, 0.15) is 19.3 Å². The summed E-state index contributed by atoms with van der Waals surface area (Å²) in [5.74, 6) is -0.321. The van der Waals surface area contributed by atoms with E-state index in [4.69, 9.17) is 11.6 Å². The van der Waals surface area contributed by atoms with Gasteiger partial charge in [-0.1, -0.05) is 17.7 Å². The second kappa shape index (κ2) is 8.97. The van der Waals surface area contributed by atoms with Crippen molar-refractivity contribution in [3.05, 3.63) is 29.3 Å². The number of halogens is 1. The molecule has 1 aromatic rings. The van der Waals surface area contributed by atoms with Gasteiger partial charge in [0, 0.05) is 24.9 Å². The Hall–Kier alpha value is -2.08. The number of carbonyl (C=O) groups is 2. The molecule has 0 amide bonds. The van der Waals surface area contributed by atoms with Crippen LogP contribution in [0.2, 0.25) is 5.02 Å². The highest BCUT2D eigenvalue weighted by molar-refractivity contribution is 6.39. The van der Waals surface area contributed by atoms with Gasteiger partial charge in [0.15, 0.2) is 11.6 Å². The first-order valence-corrected chi connectivity index (χ1v) is 6.79. The molecule has 0 bridgehead atoms. The quantitative estimate of drug-likeness (QED) is 0.349. The van der Waals surface area contributed by atoms with Crippen LogP contribution in [0, 0.1) is 0 Å². The number of ether oxygens (including phenoxy) is 1. The summed E-state index contributed by atoms with van der Waals surface area (Å²) in [6.45, 7) is 0. The number of benzene rings is 1. The molecule has 114 valence electrons. The highest BCUT2D eigenvalue weighted by Crippen LogP contribution is 2.13. The van der Waals surface area contributed by atoms with Gasteiger partial charge in [-0.15, -0.1) is 0 Å². The van der Waals surface area contributed by atoms with Crippen molar-refractivity contribution in [2.24, 2.45) is 4.99 Å². The number of amidine groups is 1. The number of Topliss-reactive ketones (excluding diaryl/α,β-unsaturated/α-hetero) is 1. The average molecular weight is 312 g/mol. The Labute approximate surface area is 128 Å². The summed E-state index contributed by atoms with van der Waals surface area (Å²) < 4.78 is 4.51. The predicted octanol–water partition coefficient (Wildman–Crippen LogP) is 2.20. The van der Waals surface area contributed by atoms with Gasteiger partial charge < -0.3 is 4.74 Å². The van der Waals surface area contributed by atoms with Gasteiger partial charge in [0.1, 0.15) is 0 Å². The molecule has 0 aliphatic rings. The van der Waals surface area contributed by atoms with Crippen molar-refractivity contribution in [1.29, 1.82) is 0 Å². The summed E-state index contributed by atoms with van der Waals surface area (Å²) in [4.78, 5) is 26.8. The molecule has 0 aliphatic carbocycles. The summed E-state index contributed by atoms with van der Waals surface area (Å²) in [6.07, 6.45) is 0.844. The highest BCUT2D eigenvalue weighted by atomic mass is 35.5. The third-order valence-corrected chi connectivity index (χ3v) is 2.89. The van der Waals surface area contributed by atoms with Crippen LogP contribution >= 0.6 is 11.6 Å². The maximum Gasteiger partial charge on any atom is 0.305 e. The molecular weight excluding hydrogens is 294 g/mol. The SMILES string of the molecule is CN=C(NNc1cccc(Cl)c1)C(=O)CCCC(=O)OC. The van der Waals surface area contributed by atoms with Crippen LogP contribution in [-0.4, -0.2) is 31.7 Å². The third-order valence-electron chi connectivity index (χ3n) is 2.65. The molecule has 1 aromatic carbocycles. The fraction of sp³-hybridized carbons (Fsp3) is 0.357. The normalized spacial score (nSPS) is 10.9. The lowest BCUT2D eigenvalue weighted by molar-refractivity contribution is -0.140. The molecule has 0 atom stereocenters. The molecule has 0 fully saturated rings. The Morgan fingerprint density at radius 3 is 2.71 bits per heavy atom. The van der Waals surface area contributed by atoms with E-state index in [1.54, 1.807) is 24.3 Å². The molecule has 2 N–H and O–H groups in total. The van der Waals surface area contributed by atoms with E-state index in [0.29, 0.717) is 17.1 Å². The zero-order valence-electron chi connectivity index (χ0n) is 12.0. The van der Waals surface area contributed by atoms with Gasteiger partial charge in [0.05, 0.1) is 12.8 Å². The van der Waals surface area contributed by atoms with Gasteiger partial charge in [0.2, 0.25) is 0 Å². The van der Waals surface area contributed by atoms with Crippen molar-refractivity contribution in [2.45, 2.75) is 19.3 Å². The number of nitrogens with one attached hydrogen (secondary N) is 2. The van der Waals surface area contributed by atoms with Crippen molar-refractivity contribution >= 4 is 34.9 Å². The number of carbonyl (C=O) groups excluding carboxylic acids is 2. The molecule has 21 heavy (non-hydrogen) atoms. The molecule has 0 saturated heterocycles. The predicted molar refractivity (Wildman–Crippen MR) is 82.4 cm³/mol. The van der Waals surface area contributed by atoms with E-state index in [1.807, 2.05) is 0 Å². The molecule has 0 aliphatic heterocycles. The second-order valence-electron chi connectivity index (χ2n) is 4.19. The van der Waals surface area contributed by atoms with Gasteiger partial charge >= 0.3 is 5.97 Å². The molecule has 6 nitrogen and oxygen atoms in total. The van der Waals surface area contributed by atoms with Gasteiger partial charge in [0.25, 0.3) is 0 Å². The summed E-state index contributed by atoms with van der Waals surface area (Å²) >= 11 is 5.86. The Bertz CT molecular complexity index is 532. The molecular formula is C14H18ClN3O3. The van der Waals surface area contributed by atoms with Crippen molar-refractivity contribution < 1.29 is 14.3 Å². The standard InChI is InChI=1S/C14H18ClN3O3/c1-16-14(12(19)7-4-8-13(20)21-2)18-17-11-6-3-5-10(15)9-11/h3,5-6,9,17H,4,7-8H2,1-2H3,(H,16,18). The van der Waals surface area contributed by atoms with Gasteiger partial charge in [-0.3, -0.25) is 25.4 Å². The minimum atomic E-state index is -0.331. The van der Waals surface area contributed by atoms with E-state index in [2.05, 4.69) is 20.6 Å². The average Bonchev–Trinajstić information content (AvgIpc) is 2.47. The summed E-state index contributed by atoms with van der Waals surface area (Å²) in [5, 5.41) is 0.584. The van der Waals surface area contributed by atoms with Crippen LogP contribution in [0.4, 0.5) is 5.69 Å². The fourth-order valence-electron chi connectivity index (χ4n) is 1.56. The van der Waals surface area contributed by atoms with Crippen LogP contribution in [0.25, 0.3) is 0 Å². The van der Waals surface area contributed by atoms with Gasteiger partial charge in [-0.2, -0.15) is 0 Å². The summed E-state index contributed by atoms with van der Waals surface area (Å²) in [6, 6.07) is 7.05. The van der Waals surface area contributed by atoms with E-state index in [-0.39, 0.29) is 30.4 Å². The number of rotatable bonds is 7. The number of nitrogens with zero attached hydrogens (tertiary/aromatic N) is 1. The van der Waals surface area contributed by atoms with Crippen LogP contribution in [0.5, 0.6) is 0 Å². The monoisotopic (exact) mass is 311 g/mol. The van der Waals surface area contributed by atoms with Gasteiger partial charge in [-0.05, 0) is 24.6 Å². The number of hydrogen-bond acceptors (Lipinski definition) is 5. The van der Waals surface area contributed by atoms with Crippen LogP contribution in [-0.2, 0) is 14.3 Å². The lowest BCUT2D eigenvalue weighted by Gasteiger charge is -2.11. The maximum absolute atomic E-state index is 11.9. The number of anilines is 1. The Balaban J connectivity index is 2.44. The molecule has 0 unspecified atom stereocenters. The molecule has 7 heteroatoms. The first-order valence-electron chi connectivity index (χ1n) is 6.41. The number of hydrazine groups is 1. The summed E-state index contributed by atoms with van der Waals surface area (Å²) in [5.41, 5.74) is 6.30. The molecule has 0 heterocycles. The summed E-state index contributed by atoms with van der Waals surface area (Å²) in [7, 11) is 2.83. The van der Waals surface area contributed by atoms with E-state index in [9.17, 15) is 9.59 Å². The molecule has 0 saturated carbocycles. The highest BCUT2D eigenvalue weighted by Gasteiger charge is 2.11. The van der Waals surface area contributed by atoms with E-state index >= 15 is 0 Å². The number of aliphatic imine (C=N–C) groups is 1. The van der Waals surface area contributed by atoms with Crippen molar-refractivity contribution in [3.63, 3.8) is 0 Å². The minimum absolute atomic E-state index is 0.184. The zero-order chi connectivity index (χ0) is 15.7. The number of methoxy groups -OCH3 is 1. The fourth-order valence-corrected chi connectivity index (χ4v) is 1.75. The zero-order valence-corrected chi connectivity index (χ0v) is 12.7. The van der Waals surface area contributed by atoms with Gasteiger partial charge in [-0.25, -0.2) is 0 Å². The largest absolute Gasteiger partial charge is 0.469 e.